The normalized spacial score (nSPS) is 10.7. The van der Waals surface area contributed by atoms with E-state index in [1.54, 1.807) is 31.3 Å². The van der Waals surface area contributed by atoms with Crippen molar-refractivity contribution in [3.8, 4) is 11.5 Å². The second kappa shape index (κ2) is 7.76. The molecule has 0 N–H and O–H groups in total. The first-order chi connectivity index (χ1) is 9.90. The third-order valence-electron chi connectivity index (χ3n) is 3.13. The third kappa shape index (κ3) is 4.55. The number of methoxy groups -OCH3 is 2. The van der Waals surface area contributed by atoms with Crippen LogP contribution in [-0.2, 0) is 11.3 Å². The lowest BCUT2D eigenvalue weighted by atomic mass is 10.2. The van der Waals surface area contributed by atoms with Crippen molar-refractivity contribution in [2.24, 2.45) is 0 Å². The summed E-state index contributed by atoms with van der Waals surface area (Å²) >= 11 is 0. The summed E-state index contributed by atoms with van der Waals surface area (Å²) < 4.78 is 15.8. The number of carbonyl (C=O) groups is 1. The van der Waals surface area contributed by atoms with Crippen LogP contribution < -0.4 is 9.47 Å². The Morgan fingerprint density at radius 3 is 2.10 bits per heavy atom. The topological polar surface area (TPSA) is 48.0 Å². The van der Waals surface area contributed by atoms with Gasteiger partial charge in [0.25, 0.3) is 0 Å². The second-order valence-corrected chi connectivity index (χ2v) is 5.34. The lowest BCUT2D eigenvalue weighted by Gasteiger charge is -2.29. The second-order valence-electron chi connectivity index (χ2n) is 5.34. The molecule has 21 heavy (non-hydrogen) atoms. The molecule has 0 fully saturated rings. The van der Waals surface area contributed by atoms with Gasteiger partial charge in [0.2, 0.25) is 0 Å². The molecule has 0 aliphatic heterocycles. The molecule has 1 rings (SSSR count). The highest BCUT2D eigenvalue weighted by atomic mass is 16.6. The molecule has 0 atom stereocenters. The standard InChI is InChI=1S/C16H25NO4/c1-11(2)17(12(3)4)16(18)21-10-13-7-8-14(19-5)15(9-13)20-6/h7-9,11-12H,10H2,1-6H3. The Morgan fingerprint density at radius 1 is 1.05 bits per heavy atom. The fraction of sp³-hybridized carbons (Fsp3) is 0.562. The first-order valence-corrected chi connectivity index (χ1v) is 7.06. The largest absolute Gasteiger partial charge is 0.493 e. The van der Waals surface area contributed by atoms with Crippen molar-refractivity contribution < 1.29 is 19.0 Å². The maximum Gasteiger partial charge on any atom is 0.410 e. The van der Waals surface area contributed by atoms with Gasteiger partial charge in [-0.3, -0.25) is 0 Å². The molecule has 0 aliphatic carbocycles. The van der Waals surface area contributed by atoms with Crippen LogP contribution in [0.4, 0.5) is 4.79 Å². The maximum absolute atomic E-state index is 12.1. The SMILES string of the molecule is COc1ccc(COC(=O)N(C(C)C)C(C)C)cc1OC. The number of benzene rings is 1. The number of hydrogen-bond acceptors (Lipinski definition) is 4. The van der Waals surface area contributed by atoms with Gasteiger partial charge in [-0.05, 0) is 45.4 Å². The van der Waals surface area contributed by atoms with E-state index in [1.807, 2.05) is 33.8 Å². The van der Waals surface area contributed by atoms with E-state index in [0.717, 1.165) is 5.56 Å². The Labute approximate surface area is 126 Å². The molecule has 1 aromatic carbocycles. The summed E-state index contributed by atoms with van der Waals surface area (Å²) in [5, 5.41) is 0. The summed E-state index contributed by atoms with van der Waals surface area (Å²) in [5.74, 6) is 1.27. The maximum atomic E-state index is 12.1. The zero-order chi connectivity index (χ0) is 16.0. The number of nitrogens with zero attached hydrogens (tertiary/aromatic N) is 1. The third-order valence-corrected chi connectivity index (χ3v) is 3.13. The van der Waals surface area contributed by atoms with Gasteiger partial charge in [0.15, 0.2) is 11.5 Å². The van der Waals surface area contributed by atoms with Crippen molar-refractivity contribution in [2.45, 2.75) is 46.4 Å². The van der Waals surface area contributed by atoms with Gasteiger partial charge < -0.3 is 19.1 Å². The minimum absolute atomic E-state index is 0.0999. The summed E-state index contributed by atoms with van der Waals surface area (Å²) in [6.07, 6.45) is -0.310. The molecule has 0 heterocycles. The van der Waals surface area contributed by atoms with Gasteiger partial charge in [-0.25, -0.2) is 4.79 Å². The molecule has 1 aromatic rings. The fourth-order valence-electron chi connectivity index (χ4n) is 2.21. The van der Waals surface area contributed by atoms with Crippen LogP contribution in [0, 0.1) is 0 Å². The molecule has 0 spiro atoms. The molecular formula is C16H25NO4. The Morgan fingerprint density at radius 2 is 1.62 bits per heavy atom. The van der Waals surface area contributed by atoms with E-state index in [1.165, 1.54) is 0 Å². The molecule has 0 saturated heterocycles. The molecular weight excluding hydrogens is 270 g/mol. The molecule has 0 aliphatic rings. The van der Waals surface area contributed by atoms with Gasteiger partial charge in [0, 0.05) is 12.1 Å². The molecule has 0 radical (unpaired) electrons. The summed E-state index contributed by atoms with van der Waals surface area (Å²) in [6.45, 7) is 8.08. The summed E-state index contributed by atoms with van der Waals surface area (Å²) in [7, 11) is 3.16. The quantitative estimate of drug-likeness (QED) is 0.806. The minimum Gasteiger partial charge on any atom is -0.493 e. The predicted molar refractivity (Wildman–Crippen MR) is 81.8 cm³/mol. The molecule has 0 aromatic heterocycles. The lowest BCUT2D eigenvalue weighted by Crippen LogP contribution is -2.42. The summed E-state index contributed by atoms with van der Waals surface area (Å²) in [6, 6.07) is 5.65. The van der Waals surface area contributed by atoms with E-state index in [2.05, 4.69) is 0 Å². The van der Waals surface area contributed by atoms with Crippen molar-refractivity contribution in [1.29, 1.82) is 0 Å². The van der Waals surface area contributed by atoms with Crippen LogP contribution >= 0.6 is 0 Å². The van der Waals surface area contributed by atoms with Crippen LogP contribution in [-0.4, -0.2) is 37.3 Å². The van der Waals surface area contributed by atoms with Gasteiger partial charge in [0.1, 0.15) is 6.61 Å². The van der Waals surface area contributed by atoms with Crippen molar-refractivity contribution in [2.75, 3.05) is 14.2 Å². The number of amides is 1. The molecule has 118 valence electrons. The van der Waals surface area contributed by atoms with Crippen molar-refractivity contribution in [1.82, 2.24) is 4.90 Å². The highest BCUT2D eigenvalue weighted by Gasteiger charge is 2.21. The van der Waals surface area contributed by atoms with Crippen LogP contribution in [0.1, 0.15) is 33.3 Å². The van der Waals surface area contributed by atoms with E-state index in [-0.39, 0.29) is 24.8 Å². The van der Waals surface area contributed by atoms with E-state index in [4.69, 9.17) is 14.2 Å². The zero-order valence-electron chi connectivity index (χ0n) is 13.7. The molecule has 0 unspecified atom stereocenters. The number of ether oxygens (including phenoxy) is 3. The Hall–Kier alpha value is -1.91. The average molecular weight is 295 g/mol. The smallest absolute Gasteiger partial charge is 0.410 e. The van der Waals surface area contributed by atoms with Crippen LogP contribution in [0.15, 0.2) is 18.2 Å². The van der Waals surface area contributed by atoms with Crippen molar-refractivity contribution in [3.63, 3.8) is 0 Å². The Bertz CT molecular complexity index is 463. The minimum atomic E-state index is -0.310. The summed E-state index contributed by atoms with van der Waals surface area (Å²) in [5.41, 5.74) is 0.855. The number of hydrogen-bond donors (Lipinski definition) is 0. The number of carbonyl (C=O) groups excluding carboxylic acids is 1. The van der Waals surface area contributed by atoms with Crippen molar-refractivity contribution >= 4 is 6.09 Å². The highest BCUT2D eigenvalue weighted by molar-refractivity contribution is 5.68. The fourth-order valence-corrected chi connectivity index (χ4v) is 2.21. The summed E-state index contributed by atoms with van der Waals surface area (Å²) in [4.78, 5) is 13.8. The van der Waals surface area contributed by atoms with Gasteiger partial charge in [-0.1, -0.05) is 6.07 Å². The highest BCUT2D eigenvalue weighted by Crippen LogP contribution is 2.27. The van der Waals surface area contributed by atoms with E-state index >= 15 is 0 Å². The van der Waals surface area contributed by atoms with Crippen molar-refractivity contribution in [3.05, 3.63) is 23.8 Å². The molecule has 1 amide bonds. The van der Waals surface area contributed by atoms with Gasteiger partial charge in [-0.15, -0.1) is 0 Å². The predicted octanol–water partition coefficient (Wildman–Crippen LogP) is 3.46. The first kappa shape index (κ1) is 17.1. The van der Waals surface area contributed by atoms with Crippen LogP contribution in [0.3, 0.4) is 0 Å². The lowest BCUT2D eigenvalue weighted by molar-refractivity contribution is 0.0738. The van der Waals surface area contributed by atoms with Crippen LogP contribution in [0.5, 0.6) is 11.5 Å². The Balaban J connectivity index is 2.72. The zero-order valence-corrected chi connectivity index (χ0v) is 13.7. The van der Waals surface area contributed by atoms with E-state index in [9.17, 15) is 4.79 Å². The van der Waals surface area contributed by atoms with Gasteiger partial charge in [0.05, 0.1) is 14.2 Å². The number of rotatable bonds is 6. The molecule has 5 heteroatoms. The molecule has 5 nitrogen and oxygen atoms in total. The first-order valence-electron chi connectivity index (χ1n) is 7.06. The molecule has 0 bridgehead atoms. The van der Waals surface area contributed by atoms with Crippen LogP contribution in [0.2, 0.25) is 0 Å². The van der Waals surface area contributed by atoms with Crippen LogP contribution in [0.25, 0.3) is 0 Å². The van der Waals surface area contributed by atoms with Gasteiger partial charge >= 0.3 is 6.09 Å². The van der Waals surface area contributed by atoms with Gasteiger partial charge in [-0.2, -0.15) is 0 Å². The Kier molecular flexibility index (Phi) is 6.34. The van der Waals surface area contributed by atoms with E-state index in [0.29, 0.717) is 11.5 Å². The molecule has 0 saturated carbocycles. The monoisotopic (exact) mass is 295 g/mol. The average Bonchev–Trinajstić information content (AvgIpc) is 2.43. The van der Waals surface area contributed by atoms with E-state index < -0.39 is 0 Å².